The van der Waals surface area contributed by atoms with Crippen LogP contribution < -0.4 is 0 Å². The third-order valence-electron chi connectivity index (χ3n) is 7.12. The minimum Gasteiger partial charge on any atom is -0.0622 e. The van der Waals surface area contributed by atoms with Crippen molar-refractivity contribution in [3.8, 4) is 44.5 Å². The van der Waals surface area contributed by atoms with Crippen LogP contribution in [0.25, 0.3) is 44.5 Å². The van der Waals surface area contributed by atoms with Gasteiger partial charge in [-0.1, -0.05) is 123 Å². The van der Waals surface area contributed by atoms with Crippen LogP contribution in [0.4, 0.5) is 0 Å². The molecule has 0 saturated carbocycles. The molecule has 5 aromatic rings. The molecule has 0 nitrogen and oxygen atoms in total. The summed E-state index contributed by atoms with van der Waals surface area (Å²) in [6.45, 7) is 4.52. The zero-order valence-electron chi connectivity index (χ0n) is 19.8. The lowest BCUT2D eigenvalue weighted by Gasteiger charge is -2.21. The first kappa shape index (κ1) is 20.7. The maximum absolute atomic E-state index is 2.44. The average molecular weight is 437 g/mol. The first-order valence-electron chi connectivity index (χ1n) is 12.2. The van der Waals surface area contributed by atoms with Crippen molar-refractivity contribution in [1.82, 2.24) is 0 Å². The Bertz CT molecular complexity index is 1460. The molecule has 0 fully saturated rings. The van der Waals surface area contributed by atoms with Crippen LogP contribution in [-0.2, 0) is 6.42 Å². The molecule has 0 bridgehead atoms. The normalized spacial score (nSPS) is 12.0. The maximum Gasteiger partial charge on any atom is -0.000705 e. The molecule has 1 aliphatic carbocycles. The SMILES string of the molecule is CC(C)c1ccc(-c2c3c(cc(-c4ccccc4)c2-c2ccccc2)-c2ccccc2C3)cc1. The lowest BCUT2D eigenvalue weighted by atomic mass is 9.82. The lowest BCUT2D eigenvalue weighted by molar-refractivity contribution is 0.867. The van der Waals surface area contributed by atoms with E-state index >= 15 is 0 Å². The highest BCUT2D eigenvalue weighted by atomic mass is 14.3. The van der Waals surface area contributed by atoms with E-state index in [1.165, 1.54) is 61.2 Å². The summed E-state index contributed by atoms with van der Waals surface area (Å²) >= 11 is 0. The quantitative estimate of drug-likeness (QED) is 0.258. The zero-order chi connectivity index (χ0) is 23.1. The molecule has 5 aromatic carbocycles. The van der Waals surface area contributed by atoms with Crippen LogP contribution in [0.15, 0.2) is 115 Å². The van der Waals surface area contributed by atoms with E-state index in [-0.39, 0.29) is 0 Å². The van der Waals surface area contributed by atoms with Crippen molar-refractivity contribution in [3.05, 3.63) is 132 Å². The molecule has 0 atom stereocenters. The summed E-state index contributed by atoms with van der Waals surface area (Å²) in [7, 11) is 0. The Morgan fingerprint density at radius 3 is 1.76 bits per heavy atom. The van der Waals surface area contributed by atoms with Gasteiger partial charge in [0.05, 0.1) is 0 Å². The van der Waals surface area contributed by atoms with Crippen LogP contribution in [0.1, 0.15) is 36.5 Å². The molecular formula is C34H28. The summed E-state index contributed by atoms with van der Waals surface area (Å²) in [5.74, 6) is 0.522. The second-order valence-corrected chi connectivity index (χ2v) is 9.54. The Morgan fingerprint density at radius 1 is 0.500 bits per heavy atom. The van der Waals surface area contributed by atoms with E-state index in [4.69, 9.17) is 0 Å². The Hall–Kier alpha value is -3.90. The Labute approximate surface area is 202 Å². The zero-order valence-corrected chi connectivity index (χ0v) is 19.8. The summed E-state index contributed by atoms with van der Waals surface area (Å²) < 4.78 is 0. The van der Waals surface area contributed by atoms with Crippen LogP contribution >= 0.6 is 0 Å². The van der Waals surface area contributed by atoms with Gasteiger partial charge in [-0.05, 0) is 79.6 Å². The molecule has 0 heteroatoms. The summed E-state index contributed by atoms with van der Waals surface area (Å²) in [6, 6.07) is 42.4. The van der Waals surface area contributed by atoms with Crippen LogP contribution in [-0.4, -0.2) is 0 Å². The van der Waals surface area contributed by atoms with E-state index in [1.54, 1.807) is 0 Å². The van der Waals surface area contributed by atoms with Gasteiger partial charge in [-0.25, -0.2) is 0 Å². The van der Waals surface area contributed by atoms with Crippen molar-refractivity contribution in [3.63, 3.8) is 0 Å². The summed E-state index contributed by atoms with van der Waals surface area (Å²) in [5.41, 5.74) is 14.8. The number of hydrogen-bond acceptors (Lipinski definition) is 0. The maximum atomic E-state index is 2.44. The van der Waals surface area contributed by atoms with Crippen LogP contribution in [0.3, 0.4) is 0 Å². The molecule has 0 heterocycles. The van der Waals surface area contributed by atoms with E-state index in [9.17, 15) is 0 Å². The van der Waals surface area contributed by atoms with E-state index in [1.807, 2.05) is 0 Å². The minimum absolute atomic E-state index is 0.522. The van der Waals surface area contributed by atoms with Crippen molar-refractivity contribution in [1.29, 1.82) is 0 Å². The second-order valence-electron chi connectivity index (χ2n) is 9.54. The molecule has 0 amide bonds. The molecule has 0 spiro atoms. The number of fused-ring (bicyclic) bond motifs is 3. The van der Waals surface area contributed by atoms with Crippen molar-refractivity contribution >= 4 is 0 Å². The van der Waals surface area contributed by atoms with Crippen LogP contribution in [0, 0.1) is 0 Å². The summed E-state index contributed by atoms with van der Waals surface area (Å²) in [4.78, 5) is 0. The van der Waals surface area contributed by atoms with Crippen molar-refractivity contribution < 1.29 is 0 Å². The predicted molar refractivity (Wildman–Crippen MR) is 145 cm³/mol. The third kappa shape index (κ3) is 3.47. The molecule has 0 radical (unpaired) electrons. The standard InChI is InChI=1S/C34H28/c1-23(2)24-17-19-27(20-18-24)34-32-21-28-15-9-10-16-29(28)31(32)22-30(25-11-5-3-6-12-25)33(34)26-13-7-4-8-14-26/h3-20,22-23H,21H2,1-2H3. The molecule has 34 heavy (non-hydrogen) atoms. The largest absolute Gasteiger partial charge is 0.0622 e. The molecule has 1 aliphatic rings. The molecular weight excluding hydrogens is 408 g/mol. The van der Waals surface area contributed by atoms with Crippen molar-refractivity contribution in [2.24, 2.45) is 0 Å². The van der Waals surface area contributed by atoms with Gasteiger partial charge >= 0.3 is 0 Å². The molecule has 6 rings (SSSR count). The third-order valence-corrected chi connectivity index (χ3v) is 7.12. The number of hydrogen-bond donors (Lipinski definition) is 0. The van der Waals surface area contributed by atoms with Crippen molar-refractivity contribution in [2.75, 3.05) is 0 Å². The van der Waals surface area contributed by atoms with E-state index in [0.29, 0.717) is 5.92 Å². The average Bonchev–Trinajstić information content (AvgIpc) is 3.27. The number of rotatable bonds is 4. The lowest BCUT2D eigenvalue weighted by Crippen LogP contribution is -1.97. The smallest absolute Gasteiger partial charge is 0.000705 e. The number of benzene rings is 5. The van der Waals surface area contributed by atoms with Crippen LogP contribution in [0.2, 0.25) is 0 Å². The highest BCUT2D eigenvalue weighted by Gasteiger charge is 2.27. The van der Waals surface area contributed by atoms with Gasteiger partial charge in [0, 0.05) is 0 Å². The monoisotopic (exact) mass is 436 g/mol. The summed E-state index contributed by atoms with van der Waals surface area (Å²) in [6.07, 6.45) is 0.974. The van der Waals surface area contributed by atoms with Gasteiger partial charge in [-0.15, -0.1) is 0 Å². The molecule has 0 unspecified atom stereocenters. The summed E-state index contributed by atoms with van der Waals surface area (Å²) in [5, 5.41) is 0. The second kappa shape index (κ2) is 8.47. The Morgan fingerprint density at radius 2 is 1.09 bits per heavy atom. The molecule has 0 aromatic heterocycles. The van der Waals surface area contributed by atoms with Gasteiger partial charge in [0.1, 0.15) is 0 Å². The fourth-order valence-corrected chi connectivity index (χ4v) is 5.38. The fraction of sp³-hybridized carbons (Fsp3) is 0.118. The highest BCUT2D eigenvalue weighted by molar-refractivity contribution is 6.01. The van der Waals surface area contributed by atoms with Gasteiger partial charge < -0.3 is 0 Å². The minimum atomic E-state index is 0.522. The predicted octanol–water partition coefficient (Wildman–Crippen LogP) is 9.38. The van der Waals surface area contributed by atoms with E-state index in [2.05, 4.69) is 129 Å². The van der Waals surface area contributed by atoms with Gasteiger partial charge in [0.25, 0.3) is 0 Å². The van der Waals surface area contributed by atoms with E-state index in [0.717, 1.165) is 6.42 Å². The molecule has 0 aliphatic heterocycles. The first-order valence-corrected chi connectivity index (χ1v) is 12.2. The Balaban J connectivity index is 1.72. The van der Waals surface area contributed by atoms with Crippen LogP contribution in [0.5, 0.6) is 0 Å². The molecule has 0 N–H and O–H groups in total. The highest BCUT2D eigenvalue weighted by Crippen LogP contribution is 2.50. The van der Waals surface area contributed by atoms with Crippen molar-refractivity contribution in [2.45, 2.75) is 26.2 Å². The Kier molecular flexibility index (Phi) is 5.15. The molecule has 0 saturated heterocycles. The van der Waals surface area contributed by atoms with Gasteiger partial charge in [0.2, 0.25) is 0 Å². The van der Waals surface area contributed by atoms with E-state index < -0.39 is 0 Å². The van der Waals surface area contributed by atoms with Gasteiger partial charge in [-0.2, -0.15) is 0 Å². The molecule has 164 valence electrons. The van der Waals surface area contributed by atoms with Gasteiger partial charge in [-0.3, -0.25) is 0 Å². The van der Waals surface area contributed by atoms with Gasteiger partial charge in [0.15, 0.2) is 0 Å². The first-order chi connectivity index (χ1) is 16.7. The fourth-order valence-electron chi connectivity index (χ4n) is 5.38. The topological polar surface area (TPSA) is 0 Å².